The van der Waals surface area contributed by atoms with Gasteiger partial charge in [-0.1, -0.05) is 17.7 Å². The Morgan fingerprint density at radius 3 is 2.48 bits per heavy atom. The number of ether oxygens (including phenoxy) is 3. The largest absolute Gasteiger partial charge is 0.495 e. The third-order valence-corrected chi connectivity index (χ3v) is 5.77. The summed E-state index contributed by atoms with van der Waals surface area (Å²) in [6, 6.07) is 8.61. The lowest BCUT2D eigenvalue weighted by Crippen LogP contribution is -2.46. The van der Waals surface area contributed by atoms with Gasteiger partial charge < -0.3 is 29.7 Å². The van der Waals surface area contributed by atoms with Gasteiger partial charge in [-0.2, -0.15) is 8.78 Å². The van der Waals surface area contributed by atoms with Crippen LogP contribution in [-0.2, 0) is 4.79 Å². The first-order valence-electron chi connectivity index (χ1n) is 9.68. The third-order valence-electron chi connectivity index (χ3n) is 5.15. The molecule has 11 heteroatoms. The average Bonchev–Trinajstić information content (AvgIpc) is 2.78. The summed E-state index contributed by atoms with van der Waals surface area (Å²) in [6.45, 7) is -1.24. The van der Waals surface area contributed by atoms with E-state index in [2.05, 4.69) is 15.4 Å². The molecule has 0 spiro atoms. The Hall–Kier alpha value is -3.11. The van der Waals surface area contributed by atoms with Gasteiger partial charge in [-0.25, -0.2) is 0 Å². The molecule has 1 aliphatic rings. The van der Waals surface area contributed by atoms with Crippen LogP contribution in [0.2, 0.25) is 5.02 Å². The summed E-state index contributed by atoms with van der Waals surface area (Å²) < 4.78 is 40.4. The summed E-state index contributed by atoms with van der Waals surface area (Å²) >= 11 is 11.4. The Kier molecular flexibility index (Phi) is 7.60. The molecule has 2 N–H and O–H groups in total. The second kappa shape index (κ2) is 10.2. The molecule has 2 aromatic rings. The highest BCUT2D eigenvalue weighted by molar-refractivity contribution is 7.80. The quantitative estimate of drug-likeness (QED) is 0.536. The predicted molar refractivity (Wildman–Crippen MR) is 125 cm³/mol. The number of benzene rings is 2. The molecular formula is C22H22ClF2N3O4S. The standard InChI is InChI=1S/C22H22ClF2N3O4S/c1-11-18(20(29)26-14-7-6-13(23)10-16(14)30-3)19(27-22(33)28(11)2)12-5-8-15(32-21(24)25)17(9-12)31-4/h5-10,19,21H,1-4H3,(H,26,29)(H,27,33). The number of alkyl halides is 2. The number of nitrogens with zero attached hydrogens (tertiary/aromatic N) is 1. The molecule has 1 atom stereocenters. The molecule has 1 heterocycles. The van der Waals surface area contributed by atoms with Crippen molar-refractivity contribution in [2.75, 3.05) is 26.6 Å². The van der Waals surface area contributed by atoms with E-state index in [0.29, 0.717) is 38.4 Å². The van der Waals surface area contributed by atoms with E-state index in [1.54, 1.807) is 43.1 Å². The molecule has 0 aromatic heterocycles. The molecule has 1 aliphatic heterocycles. The second-order valence-corrected chi connectivity index (χ2v) is 7.85. The molecule has 1 unspecified atom stereocenters. The molecule has 0 saturated carbocycles. The molecule has 0 fully saturated rings. The van der Waals surface area contributed by atoms with E-state index in [4.69, 9.17) is 33.3 Å². The fourth-order valence-electron chi connectivity index (χ4n) is 3.39. The highest BCUT2D eigenvalue weighted by Gasteiger charge is 2.33. The van der Waals surface area contributed by atoms with Crippen molar-refractivity contribution in [3.05, 3.63) is 58.3 Å². The number of hydrogen-bond acceptors (Lipinski definition) is 5. The summed E-state index contributed by atoms with van der Waals surface area (Å²) in [7, 11) is 4.54. The number of anilines is 1. The smallest absolute Gasteiger partial charge is 0.387 e. The number of methoxy groups -OCH3 is 2. The van der Waals surface area contributed by atoms with Crippen molar-refractivity contribution in [2.24, 2.45) is 0 Å². The minimum atomic E-state index is -3.00. The molecule has 7 nitrogen and oxygen atoms in total. The highest BCUT2D eigenvalue weighted by atomic mass is 35.5. The van der Waals surface area contributed by atoms with Crippen molar-refractivity contribution in [1.82, 2.24) is 10.2 Å². The number of thiocarbonyl (C=S) groups is 1. The van der Waals surface area contributed by atoms with Crippen molar-refractivity contribution in [2.45, 2.75) is 19.6 Å². The molecule has 1 amide bonds. The first kappa shape index (κ1) is 24.5. The van der Waals surface area contributed by atoms with Crippen LogP contribution in [0, 0.1) is 0 Å². The fourth-order valence-corrected chi connectivity index (χ4v) is 3.81. The number of nitrogens with one attached hydrogen (secondary N) is 2. The maximum absolute atomic E-state index is 13.4. The highest BCUT2D eigenvalue weighted by Crippen LogP contribution is 2.37. The first-order chi connectivity index (χ1) is 15.7. The number of allylic oxidation sites excluding steroid dienone is 1. The topological polar surface area (TPSA) is 72.1 Å². The molecule has 0 radical (unpaired) electrons. The van der Waals surface area contributed by atoms with Gasteiger partial charge in [-0.15, -0.1) is 0 Å². The number of halogens is 3. The molecular weight excluding hydrogens is 476 g/mol. The van der Waals surface area contributed by atoms with E-state index in [-0.39, 0.29) is 11.5 Å². The van der Waals surface area contributed by atoms with Gasteiger partial charge in [0.2, 0.25) is 0 Å². The van der Waals surface area contributed by atoms with Gasteiger partial charge in [0, 0.05) is 23.8 Å². The molecule has 0 saturated heterocycles. The van der Waals surface area contributed by atoms with Crippen LogP contribution < -0.4 is 24.8 Å². The van der Waals surface area contributed by atoms with E-state index in [9.17, 15) is 13.6 Å². The zero-order valence-corrected chi connectivity index (χ0v) is 19.8. The van der Waals surface area contributed by atoms with Crippen LogP contribution in [-0.4, -0.2) is 43.8 Å². The lowest BCUT2D eigenvalue weighted by molar-refractivity contribution is -0.113. The Morgan fingerprint density at radius 1 is 1.15 bits per heavy atom. The predicted octanol–water partition coefficient (Wildman–Crippen LogP) is 4.73. The molecule has 3 rings (SSSR count). The maximum Gasteiger partial charge on any atom is 0.387 e. The zero-order chi connectivity index (χ0) is 24.3. The van der Waals surface area contributed by atoms with Crippen LogP contribution in [0.15, 0.2) is 47.7 Å². The molecule has 0 aliphatic carbocycles. The average molecular weight is 498 g/mol. The molecule has 176 valence electrons. The van der Waals surface area contributed by atoms with Crippen molar-refractivity contribution in [3.63, 3.8) is 0 Å². The van der Waals surface area contributed by atoms with Gasteiger partial charge in [0.1, 0.15) is 5.75 Å². The SMILES string of the molecule is COc1cc(Cl)ccc1NC(=O)C1=C(C)N(C)C(=S)NC1c1ccc(OC(F)F)c(OC)c1. The second-order valence-electron chi connectivity index (χ2n) is 7.03. The van der Waals surface area contributed by atoms with Crippen LogP contribution in [0.1, 0.15) is 18.5 Å². The van der Waals surface area contributed by atoms with E-state index in [1.165, 1.54) is 26.4 Å². The van der Waals surface area contributed by atoms with Gasteiger partial charge in [0.05, 0.1) is 31.5 Å². The van der Waals surface area contributed by atoms with Crippen LogP contribution in [0.5, 0.6) is 17.2 Å². The molecule has 33 heavy (non-hydrogen) atoms. The minimum Gasteiger partial charge on any atom is -0.495 e. The van der Waals surface area contributed by atoms with Crippen LogP contribution >= 0.6 is 23.8 Å². The fraction of sp³-hybridized carbons (Fsp3) is 0.273. The van der Waals surface area contributed by atoms with Crippen LogP contribution in [0.3, 0.4) is 0 Å². The van der Waals surface area contributed by atoms with Crippen LogP contribution in [0.4, 0.5) is 14.5 Å². The Labute approximate surface area is 200 Å². The normalized spacial score (nSPS) is 15.9. The van der Waals surface area contributed by atoms with Crippen molar-refractivity contribution >= 4 is 40.5 Å². The third kappa shape index (κ3) is 5.28. The van der Waals surface area contributed by atoms with Gasteiger partial charge >= 0.3 is 6.61 Å². The van der Waals surface area contributed by atoms with E-state index in [0.717, 1.165) is 0 Å². The Morgan fingerprint density at radius 2 is 1.85 bits per heavy atom. The zero-order valence-electron chi connectivity index (χ0n) is 18.2. The van der Waals surface area contributed by atoms with Crippen LogP contribution in [0.25, 0.3) is 0 Å². The number of hydrogen-bond donors (Lipinski definition) is 2. The van der Waals surface area contributed by atoms with E-state index < -0.39 is 18.6 Å². The number of rotatable bonds is 7. The Balaban J connectivity index is 2.02. The first-order valence-corrected chi connectivity index (χ1v) is 10.5. The summed E-state index contributed by atoms with van der Waals surface area (Å²) in [5.74, 6) is -0.0408. The van der Waals surface area contributed by atoms with Gasteiger partial charge in [0.15, 0.2) is 16.6 Å². The number of amides is 1. The Bertz CT molecular complexity index is 1110. The van der Waals surface area contributed by atoms with E-state index in [1.807, 2.05) is 0 Å². The van der Waals surface area contributed by atoms with Crippen molar-refractivity contribution < 1.29 is 27.8 Å². The number of carbonyl (C=O) groups excluding carboxylic acids is 1. The lowest BCUT2D eigenvalue weighted by Gasteiger charge is -2.36. The number of carbonyl (C=O) groups is 1. The van der Waals surface area contributed by atoms with E-state index >= 15 is 0 Å². The van der Waals surface area contributed by atoms with Crippen molar-refractivity contribution in [1.29, 1.82) is 0 Å². The van der Waals surface area contributed by atoms with Gasteiger partial charge in [-0.05, 0) is 49.0 Å². The minimum absolute atomic E-state index is 0.0937. The lowest BCUT2D eigenvalue weighted by atomic mass is 9.94. The van der Waals surface area contributed by atoms with Gasteiger partial charge in [0.25, 0.3) is 5.91 Å². The summed E-state index contributed by atoms with van der Waals surface area (Å²) in [5, 5.41) is 6.82. The summed E-state index contributed by atoms with van der Waals surface area (Å²) in [6.07, 6.45) is 0. The summed E-state index contributed by atoms with van der Waals surface area (Å²) in [4.78, 5) is 15.1. The monoisotopic (exact) mass is 497 g/mol. The van der Waals surface area contributed by atoms with Gasteiger partial charge in [-0.3, -0.25) is 4.79 Å². The van der Waals surface area contributed by atoms with Crippen molar-refractivity contribution in [3.8, 4) is 17.2 Å². The molecule has 2 aromatic carbocycles. The molecule has 0 bridgehead atoms. The summed E-state index contributed by atoms with van der Waals surface area (Å²) in [5.41, 5.74) is 1.98. The maximum atomic E-state index is 13.4.